The van der Waals surface area contributed by atoms with E-state index in [0.717, 1.165) is 24.2 Å². The van der Waals surface area contributed by atoms with Crippen LogP contribution in [0, 0.1) is 6.92 Å². The quantitative estimate of drug-likeness (QED) is 0.825. The molecular formula is C15H22N2O. The SMILES string of the molecule is Cc1cccc(C2(O)CC3CCCC(C2)N3C)n1. The molecule has 2 aliphatic heterocycles. The molecule has 2 atom stereocenters. The van der Waals surface area contributed by atoms with Crippen LogP contribution in [0.4, 0.5) is 0 Å². The third-order valence-electron chi connectivity index (χ3n) is 4.74. The van der Waals surface area contributed by atoms with Gasteiger partial charge in [0.1, 0.15) is 5.60 Å². The lowest BCUT2D eigenvalue weighted by Crippen LogP contribution is -2.55. The van der Waals surface area contributed by atoms with Crippen LogP contribution in [-0.2, 0) is 5.60 Å². The third-order valence-corrected chi connectivity index (χ3v) is 4.74. The van der Waals surface area contributed by atoms with Crippen molar-refractivity contribution in [1.82, 2.24) is 9.88 Å². The Hall–Kier alpha value is -0.930. The topological polar surface area (TPSA) is 36.4 Å². The second kappa shape index (κ2) is 4.32. The van der Waals surface area contributed by atoms with Gasteiger partial charge < -0.3 is 10.0 Å². The van der Waals surface area contributed by atoms with Crippen LogP contribution < -0.4 is 0 Å². The van der Waals surface area contributed by atoms with Gasteiger partial charge in [0.05, 0.1) is 5.69 Å². The average Bonchev–Trinajstić information content (AvgIpc) is 2.31. The number of hydrogen-bond acceptors (Lipinski definition) is 3. The molecule has 2 fully saturated rings. The predicted octanol–water partition coefficient (Wildman–Crippen LogP) is 2.22. The Morgan fingerprint density at radius 3 is 2.56 bits per heavy atom. The Morgan fingerprint density at radius 1 is 1.28 bits per heavy atom. The number of aliphatic hydroxyl groups is 1. The molecule has 2 unspecified atom stereocenters. The Bertz CT molecular complexity index is 432. The second-order valence-electron chi connectivity index (χ2n) is 6.01. The summed E-state index contributed by atoms with van der Waals surface area (Å²) in [7, 11) is 2.21. The van der Waals surface area contributed by atoms with E-state index in [1.807, 2.05) is 25.1 Å². The fourth-order valence-corrected chi connectivity index (χ4v) is 3.66. The summed E-state index contributed by atoms with van der Waals surface area (Å²) in [6.07, 6.45) is 5.38. The summed E-state index contributed by atoms with van der Waals surface area (Å²) in [5, 5.41) is 11.0. The molecule has 2 aliphatic rings. The zero-order valence-corrected chi connectivity index (χ0v) is 11.3. The summed E-state index contributed by atoms with van der Waals surface area (Å²) in [6.45, 7) is 1.99. The van der Waals surface area contributed by atoms with E-state index in [4.69, 9.17) is 0 Å². The summed E-state index contributed by atoms with van der Waals surface area (Å²) < 4.78 is 0. The molecule has 0 saturated carbocycles. The van der Waals surface area contributed by atoms with Crippen LogP contribution in [0.15, 0.2) is 18.2 Å². The monoisotopic (exact) mass is 246 g/mol. The van der Waals surface area contributed by atoms with E-state index in [2.05, 4.69) is 16.9 Å². The molecule has 2 saturated heterocycles. The van der Waals surface area contributed by atoms with E-state index in [0.29, 0.717) is 12.1 Å². The molecule has 0 radical (unpaired) electrons. The fraction of sp³-hybridized carbons (Fsp3) is 0.667. The molecule has 3 heteroatoms. The van der Waals surface area contributed by atoms with Crippen molar-refractivity contribution >= 4 is 0 Å². The predicted molar refractivity (Wildman–Crippen MR) is 71.3 cm³/mol. The van der Waals surface area contributed by atoms with Gasteiger partial charge in [0, 0.05) is 17.8 Å². The Kier molecular flexibility index (Phi) is 2.91. The van der Waals surface area contributed by atoms with Gasteiger partial charge >= 0.3 is 0 Å². The number of fused-ring (bicyclic) bond motifs is 2. The van der Waals surface area contributed by atoms with E-state index in [1.165, 1.54) is 19.3 Å². The number of hydrogen-bond donors (Lipinski definition) is 1. The van der Waals surface area contributed by atoms with E-state index in [1.54, 1.807) is 0 Å². The highest BCUT2D eigenvalue weighted by Crippen LogP contribution is 2.42. The van der Waals surface area contributed by atoms with Gasteiger partial charge in [-0.05, 0) is 51.8 Å². The highest BCUT2D eigenvalue weighted by atomic mass is 16.3. The van der Waals surface area contributed by atoms with Gasteiger partial charge in [-0.3, -0.25) is 4.98 Å². The maximum Gasteiger partial charge on any atom is 0.109 e. The van der Waals surface area contributed by atoms with Crippen LogP contribution in [0.25, 0.3) is 0 Å². The van der Waals surface area contributed by atoms with Crippen molar-refractivity contribution in [1.29, 1.82) is 0 Å². The normalized spacial score (nSPS) is 36.6. The lowest BCUT2D eigenvalue weighted by atomic mass is 9.74. The molecule has 1 aromatic rings. The molecule has 1 N–H and O–H groups in total. The van der Waals surface area contributed by atoms with Crippen molar-refractivity contribution in [3.05, 3.63) is 29.6 Å². The maximum absolute atomic E-state index is 11.0. The number of rotatable bonds is 1. The lowest BCUT2D eigenvalue weighted by molar-refractivity contribution is -0.0899. The van der Waals surface area contributed by atoms with Crippen LogP contribution in [0.2, 0.25) is 0 Å². The van der Waals surface area contributed by atoms with E-state index >= 15 is 0 Å². The fourth-order valence-electron chi connectivity index (χ4n) is 3.66. The first-order valence-electron chi connectivity index (χ1n) is 6.97. The molecule has 3 heterocycles. The summed E-state index contributed by atoms with van der Waals surface area (Å²) >= 11 is 0. The molecule has 0 spiro atoms. The first-order valence-corrected chi connectivity index (χ1v) is 6.97. The molecule has 0 aliphatic carbocycles. The molecule has 3 nitrogen and oxygen atoms in total. The zero-order valence-electron chi connectivity index (χ0n) is 11.3. The van der Waals surface area contributed by atoms with Crippen LogP contribution in [0.5, 0.6) is 0 Å². The molecule has 2 bridgehead atoms. The largest absolute Gasteiger partial charge is 0.383 e. The Labute approximate surface area is 109 Å². The minimum absolute atomic E-state index is 0.518. The van der Waals surface area contributed by atoms with E-state index < -0.39 is 5.60 Å². The smallest absolute Gasteiger partial charge is 0.109 e. The van der Waals surface area contributed by atoms with Crippen molar-refractivity contribution in [3.8, 4) is 0 Å². The molecule has 3 rings (SSSR count). The summed E-state index contributed by atoms with van der Waals surface area (Å²) in [5.74, 6) is 0. The summed E-state index contributed by atoms with van der Waals surface area (Å²) in [5.41, 5.74) is 1.14. The van der Waals surface area contributed by atoms with Crippen molar-refractivity contribution in [3.63, 3.8) is 0 Å². The van der Waals surface area contributed by atoms with Gasteiger partial charge in [0.15, 0.2) is 0 Å². The van der Waals surface area contributed by atoms with Crippen LogP contribution in [0.1, 0.15) is 43.5 Å². The second-order valence-corrected chi connectivity index (χ2v) is 6.01. The van der Waals surface area contributed by atoms with Gasteiger partial charge in [0.25, 0.3) is 0 Å². The van der Waals surface area contributed by atoms with Crippen molar-refractivity contribution in [2.75, 3.05) is 7.05 Å². The highest BCUT2D eigenvalue weighted by molar-refractivity contribution is 5.19. The number of nitrogens with zero attached hydrogens (tertiary/aromatic N) is 2. The first-order chi connectivity index (χ1) is 8.58. The Morgan fingerprint density at radius 2 is 1.94 bits per heavy atom. The van der Waals surface area contributed by atoms with Crippen LogP contribution in [0.3, 0.4) is 0 Å². The third kappa shape index (κ3) is 1.95. The van der Waals surface area contributed by atoms with Gasteiger partial charge in [-0.25, -0.2) is 0 Å². The highest BCUT2D eigenvalue weighted by Gasteiger charge is 2.45. The van der Waals surface area contributed by atoms with Gasteiger partial charge in [0.2, 0.25) is 0 Å². The average molecular weight is 246 g/mol. The molecule has 0 amide bonds. The molecule has 18 heavy (non-hydrogen) atoms. The zero-order chi connectivity index (χ0) is 12.8. The van der Waals surface area contributed by atoms with Crippen molar-refractivity contribution < 1.29 is 5.11 Å². The van der Waals surface area contributed by atoms with Crippen LogP contribution >= 0.6 is 0 Å². The van der Waals surface area contributed by atoms with Crippen LogP contribution in [-0.4, -0.2) is 34.1 Å². The number of piperidine rings is 2. The van der Waals surface area contributed by atoms with Crippen molar-refractivity contribution in [2.45, 2.75) is 56.7 Å². The van der Waals surface area contributed by atoms with Gasteiger partial charge in [-0.1, -0.05) is 12.5 Å². The maximum atomic E-state index is 11.0. The van der Waals surface area contributed by atoms with Gasteiger partial charge in [-0.15, -0.1) is 0 Å². The summed E-state index contributed by atoms with van der Waals surface area (Å²) in [4.78, 5) is 7.02. The summed E-state index contributed by atoms with van der Waals surface area (Å²) in [6, 6.07) is 7.01. The van der Waals surface area contributed by atoms with Gasteiger partial charge in [-0.2, -0.15) is 0 Å². The van der Waals surface area contributed by atoms with E-state index in [9.17, 15) is 5.11 Å². The minimum Gasteiger partial charge on any atom is -0.383 e. The minimum atomic E-state index is -0.714. The molecule has 1 aromatic heterocycles. The molecule has 0 aromatic carbocycles. The molecule has 98 valence electrons. The number of aromatic nitrogens is 1. The first kappa shape index (κ1) is 12.1. The molecular weight excluding hydrogens is 224 g/mol. The standard InChI is InChI=1S/C15H22N2O/c1-11-5-3-8-14(16-11)15(18)9-12-6-4-7-13(10-15)17(12)2/h3,5,8,12-13,18H,4,6-7,9-10H2,1-2H3. The number of aryl methyl sites for hydroxylation is 1. The lowest BCUT2D eigenvalue weighted by Gasteiger charge is -2.50. The Balaban J connectivity index is 1.92. The van der Waals surface area contributed by atoms with E-state index in [-0.39, 0.29) is 0 Å². The van der Waals surface area contributed by atoms with Crippen molar-refractivity contribution in [2.24, 2.45) is 0 Å². The number of pyridine rings is 1.